The third kappa shape index (κ3) is 6.12. The van der Waals surface area contributed by atoms with E-state index in [9.17, 15) is 5.11 Å². The molecule has 96 valence electrons. The third-order valence-electron chi connectivity index (χ3n) is 3.19. The quantitative estimate of drug-likeness (QED) is 0.754. The molecule has 3 heteroatoms. The summed E-state index contributed by atoms with van der Waals surface area (Å²) in [6, 6.07) is 0.615. The predicted molar refractivity (Wildman–Crippen MR) is 73.0 cm³/mol. The van der Waals surface area contributed by atoms with E-state index in [1.165, 1.54) is 24.3 Å². The van der Waals surface area contributed by atoms with E-state index in [-0.39, 0.29) is 0 Å². The van der Waals surface area contributed by atoms with Gasteiger partial charge in [0.1, 0.15) is 0 Å². The van der Waals surface area contributed by atoms with Crippen molar-refractivity contribution < 1.29 is 5.11 Å². The Morgan fingerprint density at radius 3 is 2.81 bits per heavy atom. The van der Waals surface area contributed by atoms with Crippen LogP contribution in [-0.4, -0.2) is 34.8 Å². The van der Waals surface area contributed by atoms with Crippen molar-refractivity contribution in [1.82, 2.24) is 5.32 Å². The number of aliphatic hydroxyl groups is 1. The SMILES string of the molecule is CC(C)CCC(C)(O)CNC1CCCSC1. The van der Waals surface area contributed by atoms with Gasteiger partial charge in [-0.2, -0.15) is 11.8 Å². The summed E-state index contributed by atoms with van der Waals surface area (Å²) in [5.74, 6) is 3.19. The maximum atomic E-state index is 10.2. The third-order valence-corrected chi connectivity index (χ3v) is 4.41. The van der Waals surface area contributed by atoms with E-state index < -0.39 is 5.60 Å². The lowest BCUT2D eigenvalue weighted by Crippen LogP contribution is -2.44. The van der Waals surface area contributed by atoms with Crippen LogP contribution in [0.15, 0.2) is 0 Å². The maximum Gasteiger partial charge on any atom is 0.0743 e. The van der Waals surface area contributed by atoms with Crippen molar-refractivity contribution in [3.05, 3.63) is 0 Å². The van der Waals surface area contributed by atoms with Gasteiger partial charge in [-0.1, -0.05) is 13.8 Å². The number of hydrogen-bond donors (Lipinski definition) is 2. The van der Waals surface area contributed by atoms with Crippen LogP contribution in [0.5, 0.6) is 0 Å². The topological polar surface area (TPSA) is 32.3 Å². The van der Waals surface area contributed by atoms with Gasteiger partial charge in [-0.3, -0.25) is 0 Å². The normalized spacial score (nSPS) is 25.7. The van der Waals surface area contributed by atoms with Gasteiger partial charge >= 0.3 is 0 Å². The summed E-state index contributed by atoms with van der Waals surface area (Å²) in [4.78, 5) is 0. The zero-order valence-corrected chi connectivity index (χ0v) is 11.8. The van der Waals surface area contributed by atoms with Crippen molar-refractivity contribution in [2.45, 2.75) is 58.1 Å². The van der Waals surface area contributed by atoms with Crippen LogP contribution in [0.1, 0.15) is 46.5 Å². The first kappa shape index (κ1) is 14.3. The molecule has 1 heterocycles. The van der Waals surface area contributed by atoms with Gasteiger partial charge in [0.25, 0.3) is 0 Å². The summed E-state index contributed by atoms with van der Waals surface area (Å²) in [7, 11) is 0. The molecule has 2 N–H and O–H groups in total. The fraction of sp³-hybridized carbons (Fsp3) is 1.00. The van der Waals surface area contributed by atoms with Crippen molar-refractivity contribution in [2.24, 2.45) is 5.92 Å². The first-order chi connectivity index (χ1) is 7.49. The second kappa shape index (κ2) is 6.87. The van der Waals surface area contributed by atoms with Crippen molar-refractivity contribution in [3.63, 3.8) is 0 Å². The Kier molecular flexibility index (Phi) is 6.16. The molecule has 16 heavy (non-hydrogen) atoms. The van der Waals surface area contributed by atoms with Crippen LogP contribution in [0.4, 0.5) is 0 Å². The summed E-state index contributed by atoms with van der Waals surface area (Å²) in [5, 5.41) is 13.7. The maximum absolute atomic E-state index is 10.2. The minimum atomic E-state index is -0.535. The number of rotatable bonds is 6. The summed E-state index contributed by atoms with van der Waals surface area (Å²) >= 11 is 2.03. The standard InChI is InChI=1S/C13H27NOS/c1-11(2)6-7-13(3,15)10-14-12-5-4-8-16-9-12/h11-12,14-15H,4-10H2,1-3H3. The van der Waals surface area contributed by atoms with E-state index in [4.69, 9.17) is 0 Å². The van der Waals surface area contributed by atoms with Crippen LogP contribution < -0.4 is 5.32 Å². The molecule has 0 radical (unpaired) electrons. The van der Waals surface area contributed by atoms with Gasteiger partial charge in [-0.05, 0) is 44.3 Å². The molecule has 1 rings (SSSR count). The molecule has 0 bridgehead atoms. The highest BCUT2D eigenvalue weighted by Gasteiger charge is 2.22. The molecule has 1 aliphatic rings. The minimum Gasteiger partial charge on any atom is -0.389 e. The van der Waals surface area contributed by atoms with Crippen molar-refractivity contribution in [1.29, 1.82) is 0 Å². The molecule has 0 amide bonds. The Balaban J connectivity index is 2.18. The molecule has 0 saturated carbocycles. The minimum absolute atomic E-state index is 0.535. The molecule has 1 fully saturated rings. The first-order valence-corrected chi connectivity index (χ1v) is 7.68. The van der Waals surface area contributed by atoms with Gasteiger partial charge in [0, 0.05) is 18.3 Å². The van der Waals surface area contributed by atoms with Crippen LogP contribution in [-0.2, 0) is 0 Å². The van der Waals surface area contributed by atoms with Crippen LogP contribution in [0.3, 0.4) is 0 Å². The molecule has 0 aliphatic carbocycles. The molecule has 0 aromatic heterocycles. The lowest BCUT2D eigenvalue weighted by atomic mass is 9.95. The van der Waals surface area contributed by atoms with Crippen molar-refractivity contribution in [2.75, 3.05) is 18.1 Å². The highest BCUT2D eigenvalue weighted by atomic mass is 32.2. The Labute approximate surface area is 105 Å². The highest BCUT2D eigenvalue weighted by molar-refractivity contribution is 7.99. The average molecular weight is 245 g/mol. The summed E-state index contributed by atoms with van der Waals surface area (Å²) in [5.41, 5.74) is -0.535. The van der Waals surface area contributed by atoms with Crippen LogP contribution >= 0.6 is 11.8 Å². The van der Waals surface area contributed by atoms with Gasteiger partial charge in [0.15, 0.2) is 0 Å². The van der Waals surface area contributed by atoms with Gasteiger partial charge in [0.2, 0.25) is 0 Å². The number of thioether (sulfide) groups is 1. The largest absolute Gasteiger partial charge is 0.389 e. The highest BCUT2D eigenvalue weighted by Crippen LogP contribution is 2.19. The molecule has 1 saturated heterocycles. The van der Waals surface area contributed by atoms with Gasteiger partial charge < -0.3 is 10.4 Å². The molecule has 2 nitrogen and oxygen atoms in total. The van der Waals surface area contributed by atoms with E-state index in [1.807, 2.05) is 18.7 Å². The zero-order chi connectivity index (χ0) is 12.0. The van der Waals surface area contributed by atoms with E-state index in [1.54, 1.807) is 0 Å². The van der Waals surface area contributed by atoms with Crippen LogP contribution in [0.2, 0.25) is 0 Å². The average Bonchev–Trinajstić information content (AvgIpc) is 2.26. The Morgan fingerprint density at radius 1 is 1.50 bits per heavy atom. The van der Waals surface area contributed by atoms with Gasteiger partial charge in [-0.15, -0.1) is 0 Å². The lowest BCUT2D eigenvalue weighted by molar-refractivity contribution is 0.0429. The summed E-state index contributed by atoms with van der Waals surface area (Å²) in [6.07, 6.45) is 4.59. The molecule has 2 atom stereocenters. The first-order valence-electron chi connectivity index (χ1n) is 6.53. The molecule has 0 spiro atoms. The summed E-state index contributed by atoms with van der Waals surface area (Å²) in [6.45, 7) is 7.12. The van der Waals surface area contributed by atoms with E-state index in [0.29, 0.717) is 12.0 Å². The second-order valence-corrected chi connectivity index (χ2v) is 6.87. The predicted octanol–water partition coefficient (Wildman–Crippen LogP) is 2.66. The van der Waals surface area contributed by atoms with Crippen LogP contribution in [0.25, 0.3) is 0 Å². The Morgan fingerprint density at radius 2 is 2.25 bits per heavy atom. The van der Waals surface area contributed by atoms with Gasteiger partial charge in [0.05, 0.1) is 5.60 Å². The van der Waals surface area contributed by atoms with Crippen LogP contribution in [0, 0.1) is 5.92 Å². The molecule has 0 aromatic carbocycles. The molecular weight excluding hydrogens is 218 g/mol. The Bertz CT molecular complexity index is 188. The molecule has 0 aromatic rings. The fourth-order valence-electron chi connectivity index (χ4n) is 1.95. The molecular formula is C13H27NOS. The summed E-state index contributed by atoms with van der Waals surface area (Å²) < 4.78 is 0. The van der Waals surface area contributed by atoms with Crippen molar-refractivity contribution in [3.8, 4) is 0 Å². The van der Waals surface area contributed by atoms with E-state index >= 15 is 0 Å². The van der Waals surface area contributed by atoms with E-state index in [0.717, 1.165) is 19.4 Å². The fourth-order valence-corrected chi connectivity index (χ4v) is 3.06. The lowest BCUT2D eigenvalue weighted by Gasteiger charge is -2.29. The second-order valence-electron chi connectivity index (χ2n) is 5.72. The monoisotopic (exact) mass is 245 g/mol. The van der Waals surface area contributed by atoms with Crippen molar-refractivity contribution >= 4 is 11.8 Å². The molecule has 1 aliphatic heterocycles. The molecule has 2 unspecified atom stereocenters. The Hall–Kier alpha value is 0.270. The zero-order valence-electron chi connectivity index (χ0n) is 11.0. The number of hydrogen-bond acceptors (Lipinski definition) is 3. The smallest absolute Gasteiger partial charge is 0.0743 e. The van der Waals surface area contributed by atoms with E-state index in [2.05, 4.69) is 19.2 Å². The number of nitrogens with one attached hydrogen (secondary N) is 1. The van der Waals surface area contributed by atoms with Gasteiger partial charge in [-0.25, -0.2) is 0 Å².